The first-order valence-electron chi connectivity index (χ1n) is 16.1. The van der Waals surface area contributed by atoms with E-state index in [0.29, 0.717) is 16.1 Å². The van der Waals surface area contributed by atoms with Crippen molar-refractivity contribution in [2.75, 3.05) is 5.32 Å². The molecule has 0 bridgehead atoms. The fourth-order valence-corrected chi connectivity index (χ4v) is 5.18. The Balaban J connectivity index is 1.88. The molecule has 0 fully saturated rings. The maximum absolute atomic E-state index is 14.0. The third-order valence-electron chi connectivity index (χ3n) is 7.89. The van der Waals surface area contributed by atoms with Gasteiger partial charge in [-0.1, -0.05) is 74.0 Å². The van der Waals surface area contributed by atoms with Crippen molar-refractivity contribution in [3.05, 3.63) is 101 Å². The second-order valence-electron chi connectivity index (χ2n) is 12.3. The highest BCUT2D eigenvalue weighted by molar-refractivity contribution is 6.30. The van der Waals surface area contributed by atoms with E-state index < -0.39 is 71.8 Å². The molecule has 3 aromatic rings. The molecule has 0 radical (unpaired) electrons. The number of amides is 4. The standard InChI is InChI=1S/C36H42ClN5O9/c1-20(2)30(42-32(46)26(38)15-16-29(43)44)34(48)41-28(18-22-11-13-24(37)14-12-22)33(47)40-27(17-21-7-4-3-5-8-21)31(45)35(49)39-25-10-6-9-23(19-25)36(50)51/h3-14,19-20,26-28,30-31,45H,15-18,38H2,1-2H3,(H,39,49)(H,40,47)(H,41,48)(H,42,46)(H,43,44)(H,50,51)/t26-,27-,28-,30-,31+/m0/s1. The highest BCUT2D eigenvalue weighted by Gasteiger charge is 2.34. The lowest BCUT2D eigenvalue weighted by Crippen LogP contribution is -2.60. The zero-order chi connectivity index (χ0) is 37.7. The Morgan fingerprint density at radius 3 is 2.00 bits per heavy atom. The molecule has 3 aromatic carbocycles. The second kappa shape index (κ2) is 19.2. The van der Waals surface area contributed by atoms with Crippen LogP contribution in [0.2, 0.25) is 5.02 Å². The Morgan fingerprint density at radius 1 is 0.745 bits per heavy atom. The summed E-state index contributed by atoms with van der Waals surface area (Å²) in [7, 11) is 0. The lowest BCUT2D eigenvalue weighted by Gasteiger charge is -2.29. The molecule has 0 saturated carbocycles. The zero-order valence-corrected chi connectivity index (χ0v) is 28.8. The predicted molar refractivity (Wildman–Crippen MR) is 189 cm³/mol. The number of carboxylic acids is 2. The van der Waals surface area contributed by atoms with Crippen LogP contribution in [0.25, 0.3) is 0 Å². The minimum atomic E-state index is -1.83. The van der Waals surface area contributed by atoms with Crippen LogP contribution >= 0.6 is 11.6 Å². The lowest BCUT2D eigenvalue weighted by atomic mass is 9.98. The molecular weight excluding hydrogens is 682 g/mol. The predicted octanol–water partition coefficient (Wildman–Crippen LogP) is 2.13. The van der Waals surface area contributed by atoms with Crippen LogP contribution in [-0.4, -0.2) is 81.2 Å². The lowest BCUT2D eigenvalue weighted by molar-refractivity contribution is -0.137. The summed E-state index contributed by atoms with van der Waals surface area (Å²) in [4.78, 5) is 76.0. The summed E-state index contributed by atoms with van der Waals surface area (Å²) in [5.41, 5.74) is 7.16. The summed E-state index contributed by atoms with van der Waals surface area (Å²) < 4.78 is 0. The van der Waals surface area contributed by atoms with Gasteiger partial charge in [-0.2, -0.15) is 0 Å². The fraction of sp³-hybridized carbons (Fsp3) is 0.333. The normalized spacial score (nSPS) is 13.9. The number of carboxylic acid groups (broad SMARTS) is 2. The monoisotopic (exact) mass is 723 g/mol. The number of carbonyl (C=O) groups is 6. The number of anilines is 1. The van der Waals surface area contributed by atoms with Crippen LogP contribution in [0.5, 0.6) is 0 Å². The molecule has 0 aromatic heterocycles. The number of aliphatic hydroxyl groups is 1. The van der Waals surface area contributed by atoms with Crippen molar-refractivity contribution >= 4 is 52.9 Å². The third kappa shape index (κ3) is 12.8. The molecule has 14 nitrogen and oxygen atoms in total. The van der Waals surface area contributed by atoms with Gasteiger partial charge in [0.05, 0.1) is 17.6 Å². The van der Waals surface area contributed by atoms with Crippen molar-refractivity contribution in [1.82, 2.24) is 16.0 Å². The first kappa shape index (κ1) is 40.1. The minimum Gasteiger partial charge on any atom is -0.481 e. The van der Waals surface area contributed by atoms with Gasteiger partial charge in [0.25, 0.3) is 5.91 Å². The number of halogens is 1. The molecule has 15 heteroatoms. The summed E-state index contributed by atoms with van der Waals surface area (Å²) in [5.74, 6) is -5.97. The van der Waals surface area contributed by atoms with Gasteiger partial charge in [-0.25, -0.2) is 4.79 Å². The van der Waals surface area contributed by atoms with Crippen LogP contribution in [0.4, 0.5) is 5.69 Å². The molecule has 5 atom stereocenters. The van der Waals surface area contributed by atoms with Crippen molar-refractivity contribution in [1.29, 1.82) is 0 Å². The Labute approximate surface area is 299 Å². The molecular formula is C36H42ClN5O9. The Hall–Kier alpha value is -5.31. The summed E-state index contributed by atoms with van der Waals surface area (Å²) in [6.07, 6.45) is -2.38. The van der Waals surface area contributed by atoms with E-state index >= 15 is 0 Å². The summed E-state index contributed by atoms with van der Waals surface area (Å²) in [5, 5.41) is 40.4. The quantitative estimate of drug-likeness (QED) is 0.0952. The van der Waals surface area contributed by atoms with E-state index in [0.717, 1.165) is 0 Å². The maximum Gasteiger partial charge on any atom is 0.335 e. The van der Waals surface area contributed by atoms with E-state index in [9.17, 15) is 39.0 Å². The van der Waals surface area contributed by atoms with Crippen molar-refractivity contribution in [3.63, 3.8) is 0 Å². The van der Waals surface area contributed by atoms with Crippen LogP contribution in [0.1, 0.15) is 48.2 Å². The average Bonchev–Trinajstić information content (AvgIpc) is 3.09. The first-order valence-corrected chi connectivity index (χ1v) is 16.5. The number of rotatable bonds is 18. The molecule has 4 amide bonds. The van der Waals surface area contributed by atoms with Crippen LogP contribution in [0.15, 0.2) is 78.9 Å². The van der Waals surface area contributed by atoms with Gasteiger partial charge in [0, 0.05) is 23.6 Å². The van der Waals surface area contributed by atoms with Crippen LogP contribution in [-0.2, 0) is 36.8 Å². The van der Waals surface area contributed by atoms with Crippen molar-refractivity contribution in [3.8, 4) is 0 Å². The van der Waals surface area contributed by atoms with Gasteiger partial charge in [0.2, 0.25) is 17.7 Å². The molecule has 9 N–H and O–H groups in total. The van der Waals surface area contributed by atoms with E-state index in [2.05, 4.69) is 21.3 Å². The van der Waals surface area contributed by atoms with E-state index in [1.807, 2.05) is 0 Å². The number of aliphatic carboxylic acids is 1. The molecule has 0 aliphatic heterocycles. The Morgan fingerprint density at radius 2 is 1.39 bits per heavy atom. The van der Waals surface area contributed by atoms with Crippen molar-refractivity contribution in [2.24, 2.45) is 11.7 Å². The third-order valence-corrected chi connectivity index (χ3v) is 8.14. The number of nitrogens with one attached hydrogen (secondary N) is 4. The zero-order valence-electron chi connectivity index (χ0n) is 28.0. The average molecular weight is 724 g/mol. The highest BCUT2D eigenvalue weighted by Crippen LogP contribution is 2.16. The molecule has 0 unspecified atom stereocenters. The molecule has 0 spiro atoms. The molecule has 0 aliphatic rings. The maximum atomic E-state index is 14.0. The molecule has 0 heterocycles. The Bertz CT molecular complexity index is 1690. The molecule has 0 saturated heterocycles. The summed E-state index contributed by atoms with van der Waals surface area (Å²) in [6, 6.07) is 15.9. The second-order valence-corrected chi connectivity index (χ2v) is 12.7. The van der Waals surface area contributed by atoms with Gasteiger partial charge in [0.15, 0.2) is 6.10 Å². The number of benzene rings is 3. The largest absolute Gasteiger partial charge is 0.481 e. The first-order chi connectivity index (χ1) is 24.1. The smallest absolute Gasteiger partial charge is 0.335 e. The molecule has 51 heavy (non-hydrogen) atoms. The van der Waals surface area contributed by atoms with Crippen LogP contribution < -0.4 is 27.0 Å². The fourth-order valence-electron chi connectivity index (χ4n) is 5.05. The van der Waals surface area contributed by atoms with E-state index in [1.165, 1.54) is 24.3 Å². The van der Waals surface area contributed by atoms with Gasteiger partial charge in [-0.05, 0) is 60.2 Å². The number of hydrogen-bond acceptors (Lipinski definition) is 8. The van der Waals surface area contributed by atoms with Crippen LogP contribution in [0.3, 0.4) is 0 Å². The van der Waals surface area contributed by atoms with Gasteiger partial charge >= 0.3 is 11.9 Å². The number of aliphatic hydroxyl groups excluding tert-OH is 1. The van der Waals surface area contributed by atoms with Crippen molar-refractivity contribution < 1.29 is 44.1 Å². The van der Waals surface area contributed by atoms with E-state index in [1.54, 1.807) is 68.4 Å². The highest BCUT2D eigenvalue weighted by atomic mass is 35.5. The number of carbonyl (C=O) groups excluding carboxylic acids is 4. The summed E-state index contributed by atoms with van der Waals surface area (Å²) in [6.45, 7) is 3.33. The molecule has 272 valence electrons. The Kier molecular flexibility index (Phi) is 15.1. The number of aromatic carboxylic acids is 1. The van der Waals surface area contributed by atoms with E-state index in [4.69, 9.17) is 22.4 Å². The van der Waals surface area contributed by atoms with Gasteiger partial charge in [-0.3, -0.25) is 24.0 Å². The topological polar surface area (TPSA) is 237 Å². The van der Waals surface area contributed by atoms with Crippen molar-refractivity contribution in [2.45, 2.75) is 69.8 Å². The minimum absolute atomic E-state index is 0.00312. The molecule has 3 rings (SSSR count). The van der Waals surface area contributed by atoms with Gasteiger partial charge in [-0.15, -0.1) is 0 Å². The SMILES string of the molecule is CC(C)[C@H](NC(=O)[C@@H](N)CCC(=O)O)C(=O)N[C@@H](Cc1ccc(Cl)cc1)C(=O)N[C@@H](Cc1ccccc1)[C@@H](O)C(=O)Nc1cccc(C(=O)O)c1. The van der Waals surface area contributed by atoms with Crippen LogP contribution in [0, 0.1) is 5.92 Å². The van der Waals surface area contributed by atoms with Gasteiger partial charge < -0.3 is 42.3 Å². The van der Waals surface area contributed by atoms with Gasteiger partial charge in [0.1, 0.15) is 12.1 Å². The van der Waals surface area contributed by atoms with E-state index in [-0.39, 0.29) is 36.9 Å². The summed E-state index contributed by atoms with van der Waals surface area (Å²) >= 11 is 6.05. The number of hydrogen-bond donors (Lipinski definition) is 8. The number of nitrogens with two attached hydrogens (primary N) is 1. The molecule has 0 aliphatic carbocycles.